The fourth-order valence-electron chi connectivity index (χ4n) is 1.63. The lowest BCUT2D eigenvalue weighted by atomic mass is 10.0. The van der Waals surface area contributed by atoms with Gasteiger partial charge in [-0.1, -0.05) is 0 Å². The second-order valence-corrected chi connectivity index (χ2v) is 3.63. The van der Waals surface area contributed by atoms with Crippen LogP contribution in [0.25, 0.3) is 0 Å². The highest BCUT2D eigenvalue weighted by atomic mass is 15.2. The summed E-state index contributed by atoms with van der Waals surface area (Å²) in [5.74, 6) is 6.25. The zero-order valence-corrected chi connectivity index (χ0v) is 9.46. The van der Waals surface area contributed by atoms with Gasteiger partial charge in [-0.2, -0.15) is 0 Å². The summed E-state index contributed by atoms with van der Waals surface area (Å²) < 4.78 is 0. The summed E-state index contributed by atoms with van der Waals surface area (Å²) in [6, 6.07) is 3.24. The number of nitrogens with one attached hydrogen (secondary N) is 1. The van der Waals surface area contributed by atoms with Crippen LogP contribution in [-0.4, -0.2) is 15.0 Å². The Labute approximate surface area is 99.1 Å². The second kappa shape index (κ2) is 4.86. The third-order valence-corrected chi connectivity index (χ3v) is 2.46. The van der Waals surface area contributed by atoms with E-state index in [1.165, 1.54) is 0 Å². The number of hydrazine groups is 1. The first-order valence-corrected chi connectivity index (χ1v) is 5.17. The average Bonchev–Trinajstić information content (AvgIpc) is 2.33. The molecule has 0 amide bonds. The number of pyridine rings is 1. The molecule has 0 aliphatic carbocycles. The van der Waals surface area contributed by atoms with Crippen LogP contribution in [0.15, 0.2) is 30.7 Å². The van der Waals surface area contributed by atoms with Crippen LogP contribution >= 0.6 is 0 Å². The quantitative estimate of drug-likeness (QED) is 0.518. The number of nitrogens with two attached hydrogens (primary N) is 2. The summed E-state index contributed by atoms with van der Waals surface area (Å²) in [6.45, 7) is 1.82. The van der Waals surface area contributed by atoms with Gasteiger partial charge in [-0.3, -0.25) is 10.8 Å². The molecule has 0 aliphatic heterocycles. The number of hydrogen-bond acceptors (Lipinski definition) is 6. The number of aryl methyl sites for hydroxylation is 1. The first kappa shape index (κ1) is 11.4. The molecule has 0 radical (unpaired) electrons. The highest BCUT2D eigenvalue weighted by molar-refractivity contribution is 5.48. The maximum Gasteiger partial charge on any atom is 0.125 e. The van der Waals surface area contributed by atoms with Crippen molar-refractivity contribution in [3.8, 4) is 0 Å². The van der Waals surface area contributed by atoms with Gasteiger partial charge in [-0.05, 0) is 19.1 Å². The van der Waals surface area contributed by atoms with E-state index in [0.29, 0.717) is 11.5 Å². The Morgan fingerprint density at radius 2 is 2.12 bits per heavy atom. The monoisotopic (exact) mass is 230 g/mol. The van der Waals surface area contributed by atoms with Crippen molar-refractivity contribution in [2.75, 3.05) is 5.73 Å². The maximum atomic E-state index is 5.89. The Kier molecular flexibility index (Phi) is 3.27. The van der Waals surface area contributed by atoms with Crippen LogP contribution < -0.4 is 17.0 Å². The van der Waals surface area contributed by atoms with Gasteiger partial charge in [0.1, 0.15) is 5.82 Å². The summed E-state index contributed by atoms with van der Waals surface area (Å²) in [5, 5.41) is 0. The Balaban J connectivity index is 2.44. The van der Waals surface area contributed by atoms with Gasteiger partial charge in [-0.25, -0.2) is 15.4 Å². The Morgan fingerprint density at radius 1 is 1.29 bits per heavy atom. The molecule has 0 saturated heterocycles. The Bertz CT molecular complexity index is 513. The zero-order valence-electron chi connectivity index (χ0n) is 9.46. The lowest BCUT2D eigenvalue weighted by Gasteiger charge is -2.17. The number of aromatic nitrogens is 3. The fraction of sp³-hybridized carbons (Fsp3) is 0.182. The maximum absolute atomic E-state index is 5.89. The lowest BCUT2D eigenvalue weighted by Crippen LogP contribution is -2.30. The first-order chi connectivity index (χ1) is 8.22. The Hall–Kier alpha value is -2.05. The van der Waals surface area contributed by atoms with E-state index >= 15 is 0 Å². The van der Waals surface area contributed by atoms with E-state index in [4.69, 9.17) is 11.6 Å². The van der Waals surface area contributed by atoms with Crippen LogP contribution in [0.3, 0.4) is 0 Å². The number of rotatable bonds is 3. The molecule has 5 N–H and O–H groups in total. The molecule has 0 aromatic carbocycles. The van der Waals surface area contributed by atoms with Crippen molar-refractivity contribution < 1.29 is 0 Å². The molecule has 1 atom stereocenters. The number of hydrogen-bond donors (Lipinski definition) is 3. The molecule has 0 bridgehead atoms. The summed E-state index contributed by atoms with van der Waals surface area (Å²) in [5.41, 5.74) is 10.8. The largest absolute Gasteiger partial charge is 0.398 e. The molecule has 6 nitrogen and oxygen atoms in total. The minimum Gasteiger partial charge on any atom is -0.398 e. The molecule has 2 aromatic rings. The van der Waals surface area contributed by atoms with E-state index in [2.05, 4.69) is 20.4 Å². The van der Waals surface area contributed by atoms with Crippen molar-refractivity contribution in [3.05, 3.63) is 47.8 Å². The summed E-state index contributed by atoms with van der Waals surface area (Å²) in [7, 11) is 0. The van der Waals surface area contributed by atoms with E-state index < -0.39 is 0 Å². The van der Waals surface area contributed by atoms with E-state index in [1.54, 1.807) is 30.7 Å². The third kappa shape index (κ3) is 2.38. The van der Waals surface area contributed by atoms with Gasteiger partial charge in [0, 0.05) is 29.8 Å². The molecule has 0 spiro atoms. The number of nitrogen functional groups attached to an aromatic ring is 1. The molecular weight excluding hydrogens is 216 g/mol. The predicted molar refractivity (Wildman–Crippen MR) is 64.6 cm³/mol. The van der Waals surface area contributed by atoms with Crippen LogP contribution in [-0.2, 0) is 0 Å². The molecular formula is C11H14N6. The minimum absolute atomic E-state index is 0.287. The fourth-order valence-corrected chi connectivity index (χ4v) is 1.63. The number of anilines is 1. The van der Waals surface area contributed by atoms with Crippen LogP contribution in [0.5, 0.6) is 0 Å². The van der Waals surface area contributed by atoms with E-state index in [-0.39, 0.29) is 6.04 Å². The molecule has 6 heteroatoms. The zero-order chi connectivity index (χ0) is 12.3. The summed E-state index contributed by atoms with van der Waals surface area (Å²) >= 11 is 0. The van der Waals surface area contributed by atoms with Crippen LogP contribution in [0.4, 0.5) is 5.69 Å². The Morgan fingerprint density at radius 3 is 2.76 bits per heavy atom. The minimum atomic E-state index is -0.287. The second-order valence-electron chi connectivity index (χ2n) is 3.63. The van der Waals surface area contributed by atoms with Gasteiger partial charge in [0.25, 0.3) is 0 Å². The van der Waals surface area contributed by atoms with Gasteiger partial charge >= 0.3 is 0 Å². The highest BCUT2D eigenvalue weighted by Crippen LogP contribution is 2.23. The van der Waals surface area contributed by atoms with Gasteiger partial charge in [0.05, 0.1) is 11.7 Å². The molecule has 0 fully saturated rings. The topological polar surface area (TPSA) is 103 Å². The van der Waals surface area contributed by atoms with Crippen molar-refractivity contribution in [2.24, 2.45) is 5.84 Å². The molecule has 88 valence electrons. The van der Waals surface area contributed by atoms with E-state index in [9.17, 15) is 0 Å². The molecule has 17 heavy (non-hydrogen) atoms. The van der Waals surface area contributed by atoms with Gasteiger partial charge in [0.2, 0.25) is 0 Å². The van der Waals surface area contributed by atoms with Crippen LogP contribution in [0.1, 0.15) is 23.1 Å². The van der Waals surface area contributed by atoms with Crippen molar-refractivity contribution in [3.63, 3.8) is 0 Å². The predicted octanol–water partition coefficient (Wildman–Crippen LogP) is 0.315. The smallest absolute Gasteiger partial charge is 0.125 e. The normalized spacial score (nSPS) is 12.4. The summed E-state index contributed by atoms with van der Waals surface area (Å²) in [6.07, 6.45) is 5.00. The lowest BCUT2D eigenvalue weighted by molar-refractivity contribution is 0.616. The standard InChI is InChI=1S/C11H14N6/c1-7-15-5-3-10(16-7)11(17-13)8-6-14-4-2-9(8)12/h2-6,11,17H,13H2,1H3,(H2,12,14). The SMILES string of the molecule is Cc1nccc(C(NN)c2cnccc2N)n1. The first-order valence-electron chi connectivity index (χ1n) is 5.17. The molecule has 2 aromatic heterocycles. The van der Waals surface area contributed by atoms with Crippen molar-refractivity contribution in [1.29, 1.82) is 0 Å². The van der Waals surface area contributed by atoms with Gasteiger partial charge in [-0.15, -0.1) is 0 Å². The van der Waals surface area contributed by atoms with Crippen molar-refractivity contribution in [1.82, 2.24) is 20.4 Å². The molecule has 0 saturated carbocycles. The summed E-state index contributed by atoms with van der Waals surface area (Å²) in [4.78, 5) is 12.4. The number of nitrogens with zero attached hydrogens (tertiary/aromatic N) is 3. The van der Waals surface area contributed by atoms with Crippen molar-refractivity contribution >= 4 is 5.69 Å². The molecule has 2 heterocycles. The molecule has 1 unspecified atom stereocenters. The average molecular weight is 230 g/mol. The van der Waals surface area contributed by atoms with E-state index in [1.807, 2.05) is 6.92 Å². The van der Waals surface area contributed by atoms with E-state index in [0.717, 1.165) is 11.3 Å². The van der Waals surface area contributed by atoms with Crippen LogP contribution in [0, 0.1) is 6.92 Å². The van der Waals surface area contributed by atoms with Crippen molar-refractivity contribution in [2.45, 2.75) is 13.0 Å². The van der Waals surface area contributed by atoms with Crippen LogP contribution in [0.2, 0.25) is 0 Å². The highest BCUT2D eigenvalue weighted by Gasteiger charge is 2.16. The third-order valence-electron chi connectivity index (χ3n) is 2.46. The van der Waals surface area contributed by atoms with Gasteiger partial charge < -0.3 is 5.73 Å². The van der Waals surface area contributed by atoms with Gasteiger partial charge in [0.15, 0.2) is 0 Å². The molecule has 2 rings (SSSR count). The molecule has 0 aliphatic rings.